The first-order valence-corrected chi connectivity index (χ1v) is 4.77. The topological polar surface area (TPSA) is 22.3 Å². The molecule has 3 nitrogen and oxygen atoms in total. The highest BCUT2D eigenvalue weighted by Crippen LogP contribution is 2.31. The monoisotopic (exact) mass is 204 g/mol. The summed E-state index contributed by atoms with van der Waals surface area (Å²) in [5.74, 6) is 1.51. The van der Waals surface area contributed by atoms with E-state index in [1.165, 1.54) is 0 Å². The van der Waals surface area contributed by atoms with E-state index in [1.807, 2.05) is 36.0 Å². The highest BCUT2D eigenvalue weighted by atomic mass is 16.5. The third-order valence-corrected chi connectivity index (χ3v) is 2.45. The lowest BCUT2D eigenvalue weighted by Crippen LogP contribution is -2.30. The zero-order valence-electron chi connectivity index (χ0n) is 9.15. The van der Waals surface area contributed by atoms with Crippen LogP contribution in [0.3, 0.4) is 0 Å². The van der Waals surface area contributed by atoms with E-state index < -0.39 is 0 Å². The van der Waals surface area contributed by atoms with E-state index in [0.29, 0.717) is 0 Å². The molecule has 0 saturated heterocycles. The summed E-state index contributed by atoms with van der Waals surface area (Å²) in [5.41, 5.74) is 0. The summed E-state index contributed by atoms with van der Waals surface area (Å²) in [5, 5.41) is 2.20. The molecule has 0 radical (unpaired) electrons. The summed E-state index contributed by atoms with van der Waals surface area (Å²) >= 11 is 0. The molecule has 0 aliphatic heterocycles. The molecule has 0 N–H and O–H groups in total. The third kappa shape index (κ3) is 1.50. The Morgan fingerprint density at radius 2 is 1.80 bits per heavy atom. The molecule has 0 saturated carbocycles. The molecule has 2 rings (SSSR count). The lowest BCUT2D eigenvalue weighted by atomic mass is 10.1. The van der Waals surface area contributed by atoms with Crippen molar-refractivity contribution in [1.29, 1.82) is 0 Å². The number of methoxy groups -OCH3 is 2. The van der Waals surface area contributed by atoms with Gasteiger partial charge in [-0.2, -0.15) is 4.57 Å². The van der Waals surface area contributed by atoms with Gasteiger partial charge in [-0.1, -0.05) is 18.2 Å². The van der Waals surface area contributed by atoms with Gasteiger partial charge >= 0.3 is 5.88 Å². The number of aryl methyl sites for hydroxylation is 1. The van der Waals surface area contributed by atoms with Crippen molar-refractivity contribution in [2.45, 2.75) is 0 Å². The van der Waals surface area contributed by atoms with Crippen LogP contribution in [0.15, 0.2) is 30.5 Å². The van der Waals surface area contributed by atoms with Gasteiger partial charge in [0.2, 0.25) is 5.75 Å². The zero-order chi connectivity index (χ0) is 10.8. The number of hydrogen-bond donors (Lipinski definition) is 0. The van der Waals surface area contributed by atoms with E-state index in [0.717, 1.165) is 22.4 Å². The van der Waals surface area contributed by atoms with Gasteiger partial charge in [-0.3, -0.25) is 0 Å². The van der Waals surface area contributed by atoms with Gasteiger partial charge in [0.05, 0.1) is 14.2 Å². The fourth-order valence-electron chi connectivity index (χ4n) is 1.79. The highest BCUT2D eigenvalue weighted by molar-refractivity contribution is 5.88. The third-order valence-electron chi connectivity index (χ3n) is 2.45. The predicted molar refractivity (Wildman–Crippen MR) is 58.2 cm³/mol. The Hall–Kier alpha value is -1.77. The Morgan fingerprint density at radius 1 is 1.07 bits per heavy atom. The van der Waals surface area contributed by atoms with Crippen molar-refractivity contribution in [3.8, 4) is 11.6 Å². The standard InChI is InChI=1S/C12H14NO2/c1-13-8-9-6-4-5-7-10(9)11(14-2)12(13)15-3/h4-8H,1-3H3/q+1. The fourth-order valence-corrected chi connectivity index (χ4v) is 1.79. The Kier molecular flexibility index (Phi) is 2.46. The molecule has 1 heterocycles. The second-order valence-corrected chi connectivity index (χ2v) is 3.37. The first kappa shape index (κ1) is 9.77. The van der Waals surface area contributed by atoms with Gasteiger partial charge in [0.1, 0.15) is 7.05 Å². The molecular weight excluding hydrogens is 190 g/mol. The molecule has 0 bridgehead atoms. The number of aromatic nitrogens is 1. The minimum atomic E-state index is 0.733. The second kappa shape index (κ2) is 3.77. The Morgan fingerprint density at radius 3 is 2.47 bits per heavy atom. The average molecular weight is 204 g/mol. The zero-order valence-corrected chi connectivity index (χ0v) is 9.15. The van der Waals surface area contributed by atoms with E-state index >= 15 is 0 Å². The first-order valence-electron chi connectivity index (χ1n) is 4.77. The lowest BCUT2D eigenvalue weighted by Gasteiger charge is -2.07. The largest absolute Gasteiger partial charge is 0.487 e. The predicted octanol–water partition coefficient (Wildman–Crippen LogP) is 1.68. The Bertz CT molecular complexity index is 494. The van der Waals surface area contributed by atoms with Crippen molar-refractivity contribution >= 4 is 10.8 Å². The van der Waals surface area contributed by atoms with Crippen LogP contribution in [0.2, 0.25) is 0 Å². The van der Waals surface area contributed by atoms with Crippen LogP contribution in [-0.4, -0.2) is 14.2 Å². The van der Waals surface area contributed by atoms with E-state index in [1.54, 1.807) is 14.2 Å². The highest BCUT2D eigenvalue weighted by Gasteiger charge is 2.19. The molecule has 1 aromatic heterocycles. The summed E-state index contributed by atoms with van der Waals surface area (Å²) < 4.78 is 12.6. The first-order chi connectivity index (χ1) is 7.27. The van der Waals surface area contributed by atoms with Gasteiger partial charge in [-0.15, -0.1) is 0 Å². The van der Waals surface area contributed by atoms with Crippen LogP contribution in [0, 0.1) is 0 Å². The molecule has 0 fully saturated rings. The maximum Gasteiger partial charge on any atom is 0.411 e. The summed E-state index contributed by atoms with van der Waals surface area (Å²) in [6, 6.07) is 8.08. The van der Waals surface area contributed by atoms with Gasteiger partial charge in [0, 0.05) is 10.8 Å². The number of fused-ring (bicyclic) bond motifs is 1. The summed E-state index contributed by atoms with van der Waals surface area (Å²) in [7, 11) is 5.24. The van der Waals surface area contributed by atoms with Crippen LogP contribution in [0.25, 0.3) is 10.8 Å². The summed E-state index contributed by atoms with van der Waals surface area (Å²) in [4.78, 5) is 0. The van der Waals surface area contributed by atoms with Crippen LogP contribution < -0.4 is 14.0 Å². The molecule has 3 heteroatoms. The van der Waals surface area contributed by atoms with E-state index in [2.05, 4.69) is 6.07 Å². The van der Waals surface area contributed by atoms with E-state index in [4.69, 9.17) is 9.47 Å². The van der Waals surface area contributed by atoms with Gasteiger partial charge in [0.25, 0.3) is 0 Å². The van der Waals surface area contributed by atoms with Crippen molar-refractivity contribution in [2.24, 2.45) is 7.05 Å². The normalized spacial score (nSPS) is 10.3. The number of ether oxygens (including phenoxy) is 2. The SMILES string of the molecule is COc1c(OC)[n+](C)cc2ccccc12. The second-order valence-electron chi connectivity index (χ2n) is 3.37. The van der Waals surface area contributed by atoms with Gasteiger partial charge < -0.3 is 9.47 Å². The Balaban J connectivity index is 2.84. The molecule has 0 aliphatic rings. The maximum atomic E-state index is 5.38. The molecule has 0 amide bonds. The van der Waals surface area contributed by atoms with Gasteiger partial charge in [-0.05, 0) is 6.07 Å². The van der Waals surface area contributed by atoms with Crippen LogP contribution in [0.4, 0.5) is 0 Å². The van der Waals surface area contributed by atoms with Crippen LogP contribution >= 0.6 is 0 Å². The molecule has 1 aromatic carbocycles. The fraction of sp³-hybridized carbons (Fsp3) is 0.250. The van der Waals surface area contributed by atoms with E-state index in [9.17, 15) is 0 Å². The van der Waals surface area contributed by atoms with Crippen molar-refractivity contribution in [1.82, 2.24) is 0 Å². The molecule has 0 atom stereocenters. The number of nitrogens with zero attached hydrogens (tertiary/aromatic N) is 1. The van der Waals surface area contributed by atoms with E-state index in [-0.39, 0.29) is 0 Å². The average Bonchev–Trinajstić information content (AvgIpc) is 2.27. The molecule has 2 aromatic rings. The molecule has 0 aliphatic carbocycles. The van der Waals surface area contributed by atoms with Crippen LogP contribution in [0.1, 0.15) is 0 Å². The molecule has 15 heavy (non-hydrogen) atoms. The van der Waals surface area contributed by atoms with Crippen LogP contribution in [-0.2, 0) is 7.05 Å². The molecule has 0 unspecified atom stereocenters. The number of pyridine rings is 1. The number of rotatable bonds is 2. The summed E-state index contributed by atoms with van der Waals surface area (Å²) in [6.07, 6.45) is 2.02. The maximum absolute atomic E-state index is 5.38. The van der Waals surface area contributed by atoms with Crippen molar-refractivity contribution in [2.75, 3.05) is 14.2 Å². The van der Waals surface area contributed by atoms with Crippen LogP contribution in [0.5, 0.6) is 11.6 Å². The quantitative estimate of drug-likeness (QED) is 0.694. The number of benzene rings is 1. The van der Waals surface area contributed by atoms with Crippen molar-refractivity contribution in [3.05, 3.63) is 30.5 Å². The van der Waals surface area contributed by atoms with Gasteiger partial charge in [0.15, 0.2) is 6.20 Å². The lowest BCUT2D eigenvalue weighted by molar-refractivity contribution is -0.675. The minimum absolute atomic E-state index is 0.733. The smallest absolute Gasteiger partial charge is 0.411 e. The van der Waals surface area contributed by atoms with Gasteiger partial charge in [-0.25, -0.2) is 0 Å². The summed E-state index contributed by atoms with van der Waals surface area (Å²) in [6.45, 7) is 0. The molecular formula is C12H14NO2+. The number of hydrogen-bond acceptors (Lipinski definition) is 2. The van der Waals surface area contributed by atoms with Crippen molar-refractivity contribution < 1.29 is 14.0 Å². The van der Waals surface area contributed by atoms with Crippen molar-refractivity contribution in [3.63, 3.8) is 0 Å². The molecule has 0 spiro atoms. The Labute approximate surface area is 88.9 Å². The molecule has 78 valence electrons. The minimum Gasteiger partial charge on any atom is -0.487 e.